The molecule has 1 heteroatoms. The van der Waals surface area contributed by atoms with Crippen molar-refractivity contribution in [2.75, 3.05) is 0 Å². The Morgan fingerprint density at radius 3 is 2.30 bits per heavy atom. The maximum absolute atomic E-state index is 11.5. The number of rotatable bonds is 0. The molecule has 0 heterocycles. The minimum absolute atomic E-state index is 0.208. The molecule has 2 rings (SSSR count). The van der Waals surface area contributed by atoms with Crippen molar-refractivity contribution in [3.63, 3.8) is 0 Å². The van der Waals surface area contributed by atoms with Crippen molar-refractivity contribution < 1.29 is 4.79 Å². The van der Waals surface area contributed by atoms with Crippen molar-refractivity contribution in [2.45, 2.75) is 39.0 Å². The SMILES string of the molecule is CC1CCC2(CCC2)C1=O. The normalized spacial score (nSPS) is 36.5. The summed E-state index contributed by atoms with van der Waals surface area (Å²) in [7, 11) is 0. The number of Topliss-reactive ketones (excluding diaryl/α,β-unsaturated/α-hetero) is 1. The molecule has 0 radical (unpaired) electrons. The van der Waals surface area contributed by atoms with Crippen molar-refractivity contribution in [3.05, 3.63) is 0 Å². The highest BCUT2D eigenvalue weighted by Crippen LogP contribution is 2.52. The van der Waals surface area contributed by atoms with Gasteiger partial charge in [0.2, 0.25) is 0 Å². The zero-order chi connectivity index (χ0) is 7.19. The number of carbonyl (C=O) groups excluding carboxylic acids is 1. The third-order valence-electron chi connectivity index (χ3n) is 3.34. The molecule has 1 atom stereocenters. The van der Waals surface area contributed by atoms with E-state index in [1.165, 1.54) is 25.7 Å². The Morgan fingerprint density at radius 1 is 1.40 bits per heavy atom. The van der Waals surface area contributed by atoms with E-state index in [0.29, 0.717) is 11.7 Å². The van der Waals surface area contributed by atoms with Gasteiger partial charge in [0, 0.05) is 11.3 Å². The molecule has 10 heavy (non-hydrogen) atoms. The van der Waals surface area contributed by atoms with Gasteiger partial charge in [-0.15, -0.1) is 0 Å². The molecule has 2 saturated carbocycles. The monoisotopic (exact) mass is 138 g/mol. The van der Waals surface area contributed by atoms with Crippen LogP contribution in [0.15, 0.2) is 0 Å². The second kappa shape index (κ2) is 1.84. The van der Waals surface area contributed by atoms with Crippen LogP contribution in [0.5, 0.6) is 0 Å². The highest BCUT2D eigenvalue weighted by atomic mass is 16.1. The minimum Gasteiger partial charge on any atom is -0.299 e. The van der Waals surface area contributed by atoms with Crippen LogP contribution in [-0.4, -0.2) is 5.78 Å². The van der Waals surface area contributed by atoms with Gasteiger partial charge in [0.05, 0.1) is 0 Å². The van der Waals surface area contributed by atoms with E-state index in [4.69, 9.17) is 0 Å². The average Bonchev–Trinajstić information content (AvgIpc) is 2.10. The Hall–Kier alpha value is -0.330. The van der Waals surface area contributed by atoms with E-state index in [1.807, 2.05) is 0 Å². The topological polar surface area (TPSA) is 17.1 Å². The molecule has 2 aliphatic carbocycles. The molecule has 1 nitrogen and oxygen atoms in total. The van der Waals surface area contributed by atoms with Gasteiger partial charge in [-0.2, -0.15) is 0 Å². The zero-order valence-corrected chi connectivity index (χ0v) is 6.52. The van der Waals surface area contributed by atoms with Crippen molar-refractivity contribution in [3.8, 4) is 0 Å². The fraction of sp³-hybridized carbons (Fsp3) is 0.889. The molecule has 0 aliphatic heterocycles. The molecule has 0 N–H and O–H groups in total. The molecule has 0 aromatic carbocycles. The van der Waals surface area contributed by atoms with Crippen LogP contribution < -0.4 is 0 Å². The molecule has 0 aromatic heterocycles. The minimum atomic E-state index is 0.208. The molecule has 1 spiro atoms. The summed E-state index contributed by atoms with van der Waals surface area (Å²) in [4.78, 5) is 11.5. The Morgan fingerprint density at radius 2 is 2.10 bits per heavy atom. The van der Waals surface area contributed by atoms with Crippen molar-refractivity contribution >= 4 is 5.78 Å². The van der Waals surface area contributed by atoms with Crippen LogP contribution in [0.25, 0.3) is 0 Å². The van der Waals surface area contributed by atoms with Crippen molar-refractivity contribution in [2.24, 2.45) is 11.3 Å². The predicted molar refractivity (Wildman–Crippen MR) is 39.7 cm³/mol. The Bertz CT molecular complexity index is 168. The summed E-state index contributed by atoms with van der Waals surface area (Å²) in [5.74, 6) is 0.944. The van der Waals surface area contributed by atoms with E-state index in [0.717, 1.165) is 6.42 Å². The molecule has 0 amide bonds. The fourth-order valence-corrected chi connectivity index (χ4v) is 2.37. The predicted octanol–water partition coefficient (Wildman–Crippen LogP) is 2.16. The first-order chi connectivity index (χ1) is 4.75. The van der Waals surface area contributed by atoms with E-state index in [9.17, 15) is 4.79 Å². The maximum atomic E-state index is 11.5. The Balaban J connectivity index is 2.18. The van der Waals surface area contributed by atoms with Crippen LogP contribution >= 0.6 is 0 Å². The standard InChI is InChI=1S/C9H14O/c1-7-3-6-9(8(7)10)4-2-5-9/h7H,2-6H2,1H3. The summed E-state index contributed by atoms with van der Waals surface area (Å²) in [5, 5.41) is 0. The van der Waals surface area contributed by atoms with Gasteiger partial charge in [0.15, 0.2) is 0 Å². The van der Waals surface area contributed by atoms with Crippen LogP contribution in [0, 0.1) is 11.3 Å². The van der Waals surface area contributed by atoms with Crippen molar-refractivity contribution in [1.82, 2.24) is 0 Å². The fourth-order valence-electron chi connectivity index (χ4n) is 2.37. The van der Waals surface area contributed by atoms with Gasteiger partial charge < -0.3 is 0 Å². The lowest BCUT2D eigenvalue weighted by atomic mass is 9.66. The van der Waals surface area contributed by atoms with Crippen LogP contribution in [0.3, 0.4) is 0 Å². The molecule has 0 bridgehead atoms. The smallest absolute Gasteiger partial charge is 0.141 e. The highest BCUT2D eigenvalue weighted by Gasteiger charge is 2.49. The summed E-state index contributed by atoms with van der Waals surface area (Å²) >= 11 is 0. The number of hydrogen-bond donors (Lipinski definition) is 0. The third kappa shape index (κ3) is 0.609. The second-order valence-electron chi connectivity index (χ2n) is 3.94. The second-order valence-corrected chi connectivity index (χ2v) is 3.94. The zero-order valence-electron chi connectivity index (χ0n) is 6.52. The molecular weight excluding hydrogens is 124 g/mol. The summed E-state index contributed by atoms with van der Waals surface area (Å²) < 4.78 is 0. The summed E-state index contributed by atoms with van der Waals surface area (Å²) in [6.45, 7) is 2.08. The number of hydrogen-bond acceptors (Lipinski definition) is 1. The maximum Gasteiger partial charge on any atom is 0.141 e. The lowest BCUT2D eigenvalue weighted by Crippen LogP contribution is -2.34. The molecule has 1 unspecified atom stereocenters. The third-order valence-corrected chi connectivity index (χ3v) is 3.34. The van der Waals surface area contributed by atoms with Crippen molar-refractivity contribution in [1.29, 1.82) is 0 Å². The van der Waals surface area contributed by atoms with E-state index in [-0.39, 0.29) is 5.41 Å². The van der Waals surface area contributed by atoms with Gasteiger partial charge >= 0.3 is 0 Å². The number of carbonyl (C=O) groups is 1. The molecule has 0 saturated heterocycles. The van der Waals surface area contributed by atoms with E-state index >= 15 is 0 Å². The van der Waals surface area contributed by atoms with Gasteiger partial charge in [-0.25, -0.2) is 0 Å². The van der Waals surface area contributed by atoms with Gasteiger partial charge in [-0.05, 0) is 25.7 Å². The molecule has 0 aromatic rings. The molecular formula is C9H14O. The lowest BCUT2D eigenvalue weighted by molar-refractivity contribution is -0.132. The summed E-state index contributed by atoms with van der Waals surface area (Å²) in [6, 6.07) is 0. The average molecular weight is 138 g/mol. The largest absolute Gasteiger partial charge is 0.299 e. The van der Waals surface area contributed by atoms with Gasteiger partial charge in [0.25, 0.3) is 0 Å². The first-order valence-electron chi connectivity index (χ1n) is 4.29. The van der Waals surface area contributed by atoms with Crippen LogP contribution in [-0.2, 0) is 4.79 Å². The van der Waals surface area contributed by atoms with E-state index in [1.54, 1.807) is 0 Å². The van der Waals surface area contributed by atoms with Crippen LogP contribution in [0.2, 0.25) is 0 Å². The van der Waals surface area contributed by atoms with Crippen LogP contribution in [0.1, 0.15) is 39.0 Å². The van der Waals surface area contributed by atoms with Crippen LogP contribution in [0.4, 0.5) is 0 Å². The first-order valence-corrected chi connectivity index (χ1v) is 4.29. The first kappa shape index (κ1) is 6.38. The Kier molecular flexibility index (Phi) is 1.17. The lowest BCUT2D eigenvalue weighted by Gasteiger charge is -2.36. The van der Waals surface area contributed by atoms with Gasteiger partial charge in [-0.1, -0.05) is 13.3 Å². The number of ketones is 1. The highest BCUT2D eigenvalue weighted by molar-refractivity contribution is 5.89. The van der Waals surface area contributed by atoms with E-state index < -0.39 is 0 Å². The van der Waals surface area contributed by atoms with E-state index in [2.05, 4.69) is 6.92 Å². The summed E-state index contributed by atoms with van der Waals surface area (Å²) in [5.41, 5.74) is 0.208. The molecule has 2 fully saturated rings. The molecule has 56 valence electrons. The van der Waals surface area contributed by atoms with Gasteiger partial charge in [0.1, 0.15) is 5.78 Å². The summed E-state index contributed by atoms with van der Waals surface area (Å²) in [6.07, 6.45) is 6.01. The Labute approximate surface area is 61.8 Å². The van der Waals surface area contributed by atoms with Gasteiger partial charge in [-0.3, -0.25) is 4.79 Å². The quantitative estimate of drug-likeness (QED) is 0.501. The molecule has 2 aliphatic rings.